The van der Waals surface area contributed by atoms with Gasteiger partial charge in [-0.05, 0) is 24.9 Å². The third kappa shape index (κ3) is 5.82. The average Bonchev–Trinajstić information content (AvgIpc) is 2.54. The van der Waals surface area contributed by atoms with Crippen LogP contribution in [0.2, 0.25) is 0 Å². The highest BCUT2D eigenvalue weighted by Crippen LogP contribution is 2.13. The van der Waals surface area contributed by atoms with Crippen LogP contribution < -0.4 is 11.1 Å². The molecule has 0 saturated carbocycles. The van der Waals surface area contributed by atoms with Gasteiger partial charge in [0.25, 0.3) is 0 Å². The third-order valence-electron chi connectivity index (χ3n) is 3.63. The van der Waals surface area contributed by atoms with Gasteiger partial charge in [-0.1, -0.05) is 30.3 Å². The van der Waals surface area contributed by atoms with Crippen molar-refractivity contribution in [2.45, 2.75) is 25.4 Å². The predicted molar refractivity (Wildman–Crippen MR) is 90.1 cm³/mol. The van der Waals surface area contributed by atoms with E-state index in [4.69, 9.17) is 10.5 Å². The summed E-state index contributed by atoms with van der Waals surface area (Å²) in [6, 6.07) is 9.08. The maximum Gasteiger partial charge on any atom is 0.249 e. The smallest absolute Gasteiger partial charge is 0.249 e. The molecular weight excluding hydrogens is 318 g/mol. The van der Waals surface area contributed by atoms with Crippen LogP contribution in [0, 0.1) is 0 Å². The van der Waals surface area contributed by atoms with E-state index in [0.29, 0.717) is 19.6 Å². The van der Waals surface area contributed by atoms with Gasteiger partial charge >= 0.3 is 0 Å². The number of hydrogen-bond acceptors (Lipinski definition) is 4. The van der Waals surface area contributed by atoms with Gasteiger partial charge in [0.15, 0.2) is 0 Å². The number of ether oxygens (including phenoxy) is 1. The Labute approximate surface area is 142 Å². The molecule has 0 aromatic heterocycles. The molecule has 1 aliphatic rings. The summed E-state index contributed by atoms with van der Waals surface area (Å²) in [6.45, 7) is 1.87. The lowest BCUT2D eigenvalue weighted by Gasteiger charge is -2.34. The summed E-state index contributed by atoms with van der Waals surface area (Å²) in [5.74, 6) is -0.321. The first-order valence-electron chi connectivity index (χ1n) is 7.61. The highest BCUT2D eigenvalue weighted by Gasteiger charge is 2.33. The molecule has 0 spiro atoms. The lowest BCUT2D eigenvalue weighted by Crippen LogP contribution is -2.56. The van der Waals surface area contributed by atoms with Crippen LogP contribution in [0.4, 0.5) is 0 Å². The lowest BCUT2D eigenvalue weighted by molar-refractivity contribution is -0.155. The number of benzene rings is 1. The molecule has 0 aliphatic carbocycles. The molecular formula is C16H24ClN3O3. The topological polar surface area (TPSA) is 84.7 Å². The number of nitrogens with one attached hydrogen (secondary N) is 1. The first kappa shape index (κ1) is 19.4. The van der Waals surface area contributed by atoms with E-state index in [1.807, 2.05) is 30.3 Å². The van der Waals surface area contributed by atoms with E-state index < -0.39 is 6.04 Å². The molecule has 7 heteroatoms. The van der Waals surface area contributed by atoms with Crippen LogP contribution in [-0.2, 0) is 20.9 Å². The Morgan fingerprint density at radius 2 is 2.04 bits per heavy atom. The van der Waals surface area contributed by atoms with Gasteiger partial charge in [-0.15, -0.1) is 12.4 Å². The first-order chi connectivity index (χ1) is 10.7. The SMILES string of the molecule is Cl.NCCCCNC(=O)[C@H]1COCC(=O)N1Cc1ccccc1. The maximum absolute atomic E-state index is 12.3. The molecule has 2 rings (SSSR count). The number of halogens is 1. The van der Waals surface area contributed by atoms with Gasteiger partial charge in [-0.25, -0.2) is 0 Å². The summed E-state index contributed by atoms with van der Waals surface area (Å²) in [5, 5.41) is 2.86. The molecule has 128 valence electrons. The molecule has 6 nitrogen and oxygen atoms in total. The summed E-state index contributed by atoms with van der Waals surface area (Å²) in [5.41, 5.74) is 6.43. The van der Waals surface area contributed by atoms with Crippen molar-refractivity contribution in [1.82, 2.24) is 10.2 Å². The zero-order valence-corrected chi connectivity index (χ0v) is 13.9. The Kier molecular flexibility index (Phi) is 8.61. The van der Waals surface area contributed by atoms with Gasteiger partial charge in [0.2, 0.25) is 11.8 Å². The van der Waals surface area contributed by atoms with Crippen molar-refractivity contribution in [3.63, 3.8) is 0 Å². The fourth-order valence-corrected chi connectivity index (χ4v) is 2.40. The molecule has 0 unspecified atom stereocenters. The summed E-state index contributed by atoms with van der Waals surface area (Å²) in [7, 11) is 0. The van der Waals surface area contributed by atoms with E-state index in [0.717, 1.165) is 18.4 Å². The predicted octanol–water partition coefficient (Wildman–Crippen LogP) is 0.691. The number of amides is 2. The molecule has 1 saturated heterocycles. The first-order valence-corrected chi connectivity index (χ1v) is 7.61. The number of unbranched alkanes of at least 4 members (excludes halogenated alkanes) is 1. The van der Waals surface area contributed by atoms with Crippen molar-refractivity contribution < 1.29 is 14.3 Å². The maximum atomic E-state index is 12.3. The van der Waals surface area contributed by atoms with Crippen LogP contribution >= 0.6 is 12.4 Å². The quantitative estimate of drug-likeness (QED) is 0.715. The molecule has 1 heterocycles. The molecule has 23 heavy (non-hydrogen) atoms. The fraction of sp³-hybridized carbons (Fsp3) is 0.500. The molecule has 1 atom stereocenters. The van der Waals surface area contributed by atoms with Crippen LogP contribution in [0.1, 0.15) is 18.4 Å². The van der Waals surface area contributed by atoms with Crippen molar-refractivity contribution >= 4 is 24.2 Å². The molecule has 0 bridgehead atoms. The Morgan fingerprint density at radius 1 is 1.30 bits per heavy atom. The highest BCUT2D eigenvalue weighted by atomic mass is 35.5. The third-order valence-corrected chi connectivity index (χ3v) is 3.63. The number of nitrogens with two attached hydrogens (primary N) is 1. The second-order valence-electron chi connectivity index (χ2n) is 5.32. The molecule has 3 N–H and O–H groups in total. The van der Waals surface area contributed by atoms with Crippen molar-refractivity contribution in [3.8, 4) is 0 Å². The van der Waals surface area contributed by atoms with Crippen molar-refractivity contribution in [2.75, 3.05) is 26.3 Å². The Bertz CT molecular complexity index is 499. The molecule has 1 fully saturated rings. The zero-order valence-electron chi connectivity index (χ0n) is 13.1. The van der Waals surface area contributed by atoms with Gasteiger partial charge < -0.3 is 20.7 Å². The summed E-state index contributed by atoms with van der Waals surface area (Å²) >= 11 is 0. The Morgan fingerprint density at radius 3 is 2.74 bits per heavy atom. The summed E-state index contributed by atoms with van der Waals surface area (Å²) < 4.78 is 5.24. The van der Waals surface area contributed by atoms with E-state index in [-0.39, 0.29) is 37.4 Å². The van der Waals surface area contributed by atoms with Gasteiger partial charge in [0.1, 0.15) is 12.6 Å². The fourth-order valence-electron chi connectivity index (χ4n) is 2.40. The van der Waals surface area contributed by atoms with Crippen LogP contribution in [0.5, 0.6) is 0 Å². The van der Waals surface area contributed by atoms with E-state index in [2.05, 4.69) is 5.32 Å². The van der Waals surface area contributed by atoms with Crippen LogP contribution in [-0.4, -0.2) is 49.1 Å². The number of rotatable bonds is 7. The molecule has 1 aromatic rings. The summed E-state index contributed by atoms with van der Waals surface area (Å²) in [6.07, 6.45) is 1.70. The van der Waals surface area contributed by atoms with Crippen LogP contribution in [0.3, 0.4) is 0 Å². The number of hydrogen-bond donors (Lipinski definition) is 2. The minimum Gasteiger partial charge on any atom is -0.369 e. The highest BCUT2D eigenvalue weighted by molar-refractivity contribution is 5.89. The summed E-state index contributed by atoms with van der Waals surface area (Å²) in [4.78, 5) is 26.0. The largest absolute Gasteiger partial charge is 0.369 e. The molecule has 0 radical (unpaired) electrons. The average molecular weight is 342 g/mol. The standard InChI is InChI=1S/C16H23N3O3.ClH/c17-8-4-5-9-18-16(21)14-11-22-12-15(20)19(14)10-13-6-2-1-3-7-13;/h1-3,6-7,14H,4-5,8-12,17H2,(H,18,21);1H/t14-;/m1./s1. The van der Waals surface area contributed by atoms with Gasteiger partial charge in [-0.3, -0.25) is 9.59 Å². The molecule has 1 aliphatic heterocycles. The van der Waals surface area contributed by atoms with Crippen molar-refractivity contribution in [3.05, 3.63) is 35.9 Å². The zero-order chi connectivity index (χ0) is 15.8. The number of carbonyl (C=O) groups excluding carboxylic acids is 2. The minimum absolute atomic E-state index is 0. The Balaban J connectivity index is 0.00000264. The van der Waals surface area contributed by atoms with Gasteiger partial charge in [-0.2, -0.15) is 0 Å². The second kappa shape index (κ2) is 10.2. The van der Waals surface area contributed by atoms with E-state index in [9.17, 15) is 9.59 Å². The molecule has 1 aromatic carbocycles. The van der Waals surface area contributed by atoms with Gasteiger partial charge in [0, 0.05) is 13.1 Å². The van der Waals surface area contributed by atoms with E-state index in [1.165, 1.54) is 0 Å². The van der Waals surface area contributed by atoms with Crippen LogP contribution in [0.25, 0.3) is 0 Å². The molecule has 2 amide bonds. The number of morpholine rings is 1. The van der Waals surface area contributed by atoms with Crippen molar-refractivity contribution in [2.24, 2.45) is 5.73 Å². The second-order valence-corrected chi connectivity index (χ2v) is 5.32. The lowest BCUT2D eigenvalue weighted by atomic mass is 10.1. The number of carbonyl (C=O) groups is 2. The number of nitrogens with zero attached hydrogens (tertiary/aromatic N) is 1. The minimum atomic E-state index is -0.570. The normalized spacial score (nSPS) is 17.5. The van der Waals surface area contributed by atoms with Gasteiger partial charge in [0.05, 0.1) is 6.61 Å². The monoisotopic (exact) mass is 341 g/mol. The Hall–Kier alpha value is -1.63. The van der Waals surface area contributed by atoms with E-state index >= 15 is 0 Å². The van der Waals surface area contributed by atoms with Crippen molar-refractivity contribution in [1.29, 1.82) is 0 Å². The van der Waals surface area contributed by atoms with E-state index in [1.54, 1.807) is 4.90 Å². The van der Waals surface area contributed by atoms with Crippen LogP contribution in [0.15, 0.2) is 30.3 Å².